The van der Waals surface area contributed by atoms with Gasteiger partial charge in [-0.05, 0) is 17.5 Å². The highest BCUT2D eigenvalue weighted by Gasteiger charge is 2.39. The van der Waals surface area contributed by atoms with Crippen molar-refractivity contribution < 1.29 is 20.1 Å². The summed E-state index contributed by atoms with van der Waals surface area (Å²) in [5.41, 5.74) is 5.57. The van der Waals surface area contributed by atoms with Crippen molar-refractivity contribution in [1.82, 2.24) is 0 Å². The van der Waals surface area contributed by atoms with Gasteiger partial charge in [0.25, 0.3) is 0 Å². The van der Waals surface area contributed by atoms with Crippen molar-refractivity contribution in [3.63, 3.8) is 0 Å². The molecule has 3 atom stereocenters. The maximum absolute atomic E-state index is 11.5. The Labute approximate surface area is 141 Å². The third kappa shape index (κ3) is 4.89. The second-order valence-corrected chi connectivity index (χ2v) is 6.12. The van der Waals surface area contributed by atoms with Crippen molar-refractivity contribution in [2.24, 2.45) is 5.73 Å². The number of hydrogen-bond donors (Lipinski definition) is 4. The Kier molecular flexibility index (Phi) is 6.09. The molecule has 128 valence electrons. The molecular formula is C19H23NO4. The van der Waals surface area contributed by atoms with E-state index in [1.54, 1.807) is 24.3 Å². The molecule has 0 aliphatic rings. The second kappa shape index (κ2) is 8.06. The van der Waals surface area contributed by atoms with E-state index in [2.05, 4.69) is 0 Å². The predicted octanol–water partition coefficient (Wildman–Crippen LogP) is 1.37. The molecule has 2 aromatic carbocycles. The molecule has 0 amide bonds. The fourth-order valence-electron chi connectivity index (χ4n) is 2.69. The Bertz CT molecular complexity index is 647. The molecule has 24 heavy (non-hydrogen) atoms. The van der Waals surface area contributed by atoms with Crippen LogP contribution in [0.4, 0.5) is 0 Å². The van der Waals surface area contributed by atoms with Crippen LogP contribution in [0.1, 0.15) is 17.5 Å². The number of rotatable bonds is 8. The Hall–Kier alpha value is -2.21. The molecule has 3 unspecified atom stereocenters. The first kappa shape index (κ1) is 18.1. The van der Waals surface area contributed by atoms with E-state index in [4.69, 9.17) is 5.73 Å². The van der Waals surface area contributed by atoms with Gasteiger partial charge in [0, 0.05) is 18.9 Å². The van der Waals surface area contributed by atoms with Crippen LogP contribution in [0.15, 0.2) is 60.7 Å². The van der Waals surface area contributed by atoms with Gasteiger partial charge in [-0.2, -0.15) is 0 Å². The number of aliphatic carboxylic acids is 1. The van der Waals surface area contributed by atoms with Crippen LogP contribution in [-0.2, 0) is 17.6 Å². The lowest BCUT2D eigenvalue weighted by Gasteiger charge is -2.29. The summed E-state index contributed by atoms with van der Waals surface area (Å²) in [4.78, 5) is 11.5. The molecule has 0 aromatic heterocycles. The minimum absolute atomic E-state index is 0.0850. The first-order valence-electron chi connectivity index (χ1n) is 7.88. The van der Waals surface area contributed by atoms with E-state index in [0.29, 0.717) is 12.0 Å². The first-order valence-corrected chi connectivity index (χ1v) is 7.88. The third-order valence-electron chi connectivity index (χ3n) is 4.09. The van der Waals surface area contributed by atoms with E-state index in [1.807, 2.05) is 36.4 Å². The van der Waals surface area contributed by atoms with Gasteiger partial charge in [0.15, 0.2) is 5.60 Å². The van der Waals surface area contributed by atoms with Gasteiger partial charge in [0.1, 0.15) is 0 Å². The van der Waals surface area contributed by atoms with Gasteiger partial charge in [-0.25, -0.2) is 4.79 Å². The van der Waals surface area contributed by atoms with Gasteiger partial charge in [-0.3, -0.25) is 0 Å². The number of aliphatic hydroxyl groups is 2. The van der Waals surface area contributed by atoms with Crippen molar-refractivity contribution in [3.8, 4) is 0 Å². The Morgan fingerprint density at radius 1 is 1.00 bits per heavy atom. The van der Waals surface area contributed by atoms with E-state index in [9.17, 15) is 20.1 Å². The van der Waals surface area contributed by atoms with Crippen LogP contribution in [0.5, 0.6) is 0 Å². The van der Waals surface area contributed by atoms with Crippen LogP contribution >= 0.6 is 0 Å². The Morgan fingerprint density at radius 2 is 1.50 bits per heavy atom. The topological polar surface area (TPSA) is 104 Å². The summed E-state index contributed by atoms with van der Waals surface area (Å²) in [6, 6.07) is 17.6. The molecule has 0 aliphatic carbocycles. The fourth-order valence-corrected chi connectivity index (χ4v) is 2.69. The molecule has 5 heteroatoms. The van der Waals surface area contributed by atoms with Crippen LogP contribution in [0.3, 0.4) is 0 Å². The van der Waals surface area contributed by atoms with Crippen LogP contribution in [0.25, 0.3) is 0 Å². The number of aliphatic hydroxyl groups excluding tert-OH is 1. The molecule has 0 saturated heterocycles. The van der Waals surface area contributed by atoms with Gasteiger partial charge >= 0.3 is 5.97 Å². The molecule has 0 bridgehead atoms. The standard InChI is InChI=1S/C19H23NO4/c20-16(11-14-7-3-1-4-8-14)17(21)13-19(24,18(22)23)12-15-9-5-2-6-10-15/h1-10,16-17,21,24H,11-13,20H2,(H,22,23). The summed E-state index contributed by atoms with van der Waals surface area (Å²) < 4.78 is 0. The van der Waals surface area contributed by atoms with Crippen LogP contribution < -0.4 is 5.73 Å². The van der Waals surface area contributed by atoms with Crippen LogP contribution in [-0.4, -0.2) is 39.0 Å². The fraction of sp³-hybridized carbons (Fsp3) is 0.316. The van der Waals surface area contributed by atoms with Gasteiger partial charge < -0.3 is 21.1 Å². The highest BCUT2D eigenvalue weighted by molar-refractivity contribution is 5.77. The minimum Gasteiger partial charge on any atom is -0.479 e. The SMILES string of the molecule is NC(Cc1ccccc1)C(O)CC(O)(Cc1ccccc1)C(=O)O. The zero-order chi connectivity index (χ0) is 17.6. The Morgan fingerprint density at radius 3 is 2.00 bits per heavy atom. The summed E-state index contributed by atoms with van der Waals surface area (Å²) in [7, 11) is 0. The largest absolute Gasteiger partial charge is 0.479 e. The van der Waals surface area contributed by atoms with Crippen molar-refractivity contribution in [2.75, 3.05) is 0 Å². The van der Waals surface area contributed by atoms with E-state index < -0.39 is 23.7 Å². The highest BCUT2D eigenvalue weighted by Crippen LogP contribution is 2.22. The quantitative estimate of drug-likeness (QED) is 0.585. The third-order valence-corrected chi connectivity index (χ3v) is 4.09. The average molecular weight is 329 g/mol. The van der Waals surface area contributed by atoms with E-state index in [0.717, 1.165) is 5.56 Å². The van der Waals surface area contributed by atoms with Crippen molar-refractivity contribution in [1.29, 1.82) is 0 Å². The number of benzene rings is 2. The molecule has 0 saturated carbocycles. The smallest absolute Gasteiger partial charge is 0.336 e. The predicted molar refractivity (Wildman–Crippen MR) is 91.5 cm³/mol. The number of carboxylic acid groups (broad SMARTS) is 1. The van der Waals surface area contributed by atoms with Gasteiger partial charge in [-0.15, -0.1) is 0 Å². The number of nitrogens with two attached hydrogens (primary N) is 1. The summed E-state index contributed by atoms with van der Waals surface area (Å²) in [6.07, 6.45) is -1.14. The van der Waals surface area contributed by atoms with Gasteiger partial charge in [-0.1, -0.05) is 60.7 Å². The number of hydrogen-bond acceptors (Lipinski definition) is 4. The minimum atomic E-state index is -2.06. The molecule has 2 aromatic rings. The molecule has 5 nitrogen and oxygen atoms in total. The zero-order valence-corrected chi connectivity index (χ0v) is 13.4. The molecule has 0 fully saturated rings. The lowest BCUT2D eigenvalue weighted by Crippen LogP contribution is -2.48. The lowest BCUT2D eigenvalue weighted by atomic mass is 9.86. The number of carboxylic acids is 1. The highest BCUT2D eigenvalue weighted by atomic mass is 16.4. The monoisotopic (exact) mass is 329 g/mol. The summed E-state index contributed by atoms with van der Waals surface area (Å²) in [5, 5.41) is 30.2. The van der Waals surface area contributed by atoms with E-state index >= 15 is 0 Å². The maximum atomic E-state index is 11.5. The average Bonchev–Trinajstić information content (AvgIpc) is 2.56. The van der Waals surface area contributed by atoms with Crippen molar-refractivity contribution in [2.45, 2.75) is 37.0 Å². The molecule has 0 aliphatic heterocycles. The van der Waals surface area contributed by atoms with Gasteiger partial charge in [0.2, 0.25) is 0 Å². The molecule has 5 N–H and O–H groups in total. The number of carbonyl (C=O) groups is 1. The lowest BCUT2D eigenvalue weighted by molar-refractivity contribution is -0.162. The second-order valence-electron chi connectivity index (χ2n) is 6.12. The summed E-state index contributed by atoms with van der Waals surface area (Å²) in [6.45, 7) is 0. The Balaban J connectivity index is 2.04. The molecule has 0 heterocycles. The van der Waals surface area contributed by atoms with Crippen LogP contribution in [0, 0.1) is 0 Å². The van der Waals surface area contributed by atoms with Crippen LogP contribution in [0.2, 0.25) is 0 Å². The van der Waals surface area contributed by atoms with E-state index in [-0.39, 0.29) is 12.8 Å². The molecular weight excluding hydrogens is 306 g/mol. The van der Waals surface area contributed by atoms with E-state index in [1.165, 1.54) is 0 Å². The normalized spacial score (nSPS) is 16.1. The zero-order valence-electron chi connectivity index (χ0n) is 13.4. The molecule has 0 spiro atoms. The molecule has 2 rings (SSSR count). The van der Waals surface area contributed by atoms with Crippen molar-refractivity contribution >= 4 is 5.97 Å². The molecule has 0 radical (unpaired) electrons. The summed E-state index contributed by atoms with van der Waals surface area (Å²) in [5.74, 6) is -1.36. The maximum Gasteiger partial charge on any atom is 0.336 e. The summed E-state index contributed by atoms with van der Waals surface area (Å²) >= 11 is 0. The van der Waals surface area contributed by atoms with Gasteiger partial charge in [0.05, 0.1) is 6.10 Å². The first-order chi connectivity index (χ1) is 11.4. The van der Waals surface area contributed by atoms with Crippen molar-refractivity contribution in [3.05, 3.63) is 71.8 Å².